The van der Waals surface area contributed by atoms with E-state index < -0.39 is 0 Å². The molecular formula is C12H18N4O. The van der Waals surface area contributed by atoms with Gasteiger partial charge in [-0.15, -0.1) is 0 Å². The van der Waals surface area contributed by atoms with Crippen molar-refractivity contribution >= 4 is 12.0 Å². The third kappa shape index (κ3) is 2.54. The molecule has 0 atom stereocenters. The molecule has 2 rings (SSSR count). The Balaban J connectivity index is 2.32. The summed E-state index contributed by atoms with van der Waals surface area (Å²) < 4.78 is 0. The minimum absolute atomic E-state index is 0.229. The summed E-state index contributed by atoms with van der Waals surface area (Å²) >= 11 is 0. The van der Waals surface area contributed by atoms with E-state index in [2.05, 4.69) is 15.3 Å². The molecule has 0 spiro atoms. The third-order valence-corrected chi connectivity index (χ3v) is 3.18. The van der Waals surface area contributed by atoms with Crippen molar-refractivity contribution in [1.29, 1.82) is 5.41 Å². The fourth-order valence-corrected chi connectivity index (χ4v) is 2.20. The summed E-state index contributed by atoms with van der Waals surface area (Å²) in [7, 11) is 0. The standard InChI is InChI=1S/C12H18N4O/c1-2-10-15-11(9(7-13)12(17)16-10)14-8-5-3-4-6-8/h7-8,13H,2-6H2,1H3,(H2,14,15,16,17). The first-order chi connectivity index (χ1) is 8.24. The van der Waals surface area contributed by atoms with Crippen molar-refractivity contribution in [3.05, 3.63) is 21.7 Å². The van der Waals surface area contributed by atoms with Gasteiger partial charge in [0.2, 0.25) is 0 Å². The lowest BCUT2D eigenvalue weighted by atomic mass is 10.2. The molecule has 0 unspecified atom stereocenters. The Bertz CT molecular complexity index is 460. The second-order valence-electron chi connectivity index (χ2n) is 4.40. The maximum absolute atomic E-state index is 11.7. The van der Waals surface area contributed by atoms with Gasteiger partial charge in [0.05, 0.1) is 5.56 Å². The zero-order chi connectivity index (χ0) is 12.3. The van der Waals surface area contributed by atoms with Crippen LogP contribution >= 0.6 is 0 Å². The summed E-state index contributed by atoms with van der Waals surface area (Å²) in [6, 6.07) is 0.396. The van der Waals surface area contributed by atoms with Crippen LogP contribution < -0.4 is 10.9 Å². The number of aromatic amines is 1. The Kier molecular flexibility index (Phi) is 3.56. The molecule has 1 fully saturated rings. The fraction of sp³-hybridized carbons (Fsp3) is 0.583. The minimum Gasteiger partial charge on any atom is -0.367 e. The molecular weight excluding hydrogens is 216 g/mol. The van der Waals surface area contributed by atoms with Crippen LogP contribution in [-0.4, -0.2) is 22.2 Å². The zero-order valence-electron chi connectivity index (χ0n) is 10.0. The predicted molar refractivity (Wildman–Crippen MR) is 68.0 cm³/mol. The largest absolute Gasteiger partial charge is 0.367 e. The molecule has 1 heterocycles. The zero-order valence-corrected chi connectivity index (χ0v) is 10.0. The normalized spacial score (nSPS) is 16.1. The topological polar surface area (TPSA) is 81.6 Å². The van der Waals surface area contributed by atoms with Gasteiger partial charge in [-0.1, -0.05) is 19.8 Å². The van der Waals surface area contributed by atoms with E-state index in [1.165, 1.54) is 12.8 Å². The van der Waals surface area contributed by atoms with E-state index in [9.17, 15) is 4.79 Å². The summed E-state index contributed by atoms with van der Waals surface area (Å²) in [4.78, 5) is 18.8. The quantitative estimate of drug-likeness (QED) is 0.693. The molecule has 92 valence electrons. The molecule has 1 aromatic rings. The van der Waals surface area contributed by atoms with E-state index >= 15 is 0 Å². The van der Waals surface area contributed by atoms with Gasteiger partial charge >= 0.3 is 0 Å². The fourth-order valence-electron chi connectivity index (χ4n) is 2.20. The summed E-state index contributed by atoms with van der Waals surface area (Å²) in [6.07, 6.45) is 6.44. The number of nitrogens with zero attached hydrogens (tertiary/aromatic N) is 1. The average molecular weight is 234 g/mol. The number of rotatable bonds is 4. The van der Waals surface area contributed by atoms with Crippen LogP contribution in [0.5, 0.6) is 0 Å². The lowest BCUT2D eigenvalue weighted by molar-refractivity contribution is 0.745. The van der Waals surface area contributed by atoms with Crippen molar-refractivity contribution in [3.8, 4) is 0 Å². The van der Waals surface area contributed by atoms with Crippen LogP contribution in [0.3, 0.4) is 0 Å². The van der Waals surface area contributed by atoms with Crippen LogP contribution in [0.25, 0.3) is 0 Å². The van der Waals surface area contributed by atoms with E-state index in [1.807, 2.05) is 6.92 Å². The molecule has 1 aliphatic rings. The number of nitrogens with one attached hydrogen (secondary N) is 3. The maximum atomic E-state index is 11.7. The maximum Gasteiger partial charge on any atom is 0.261 e. The van der Waals surface area contributed by atoms with Crippen molar-refractivity contribution in [2.45, 2.75) is 45.1 Å². The highest BCUT2D eigenvalue weighted by atomic mass is 16.1. The first kappa shape index (κ1) is 11.8. The summed E-state index contributed by atoms with van der Waals surface area (Å²) in [5, 5.41) is 10.6. The van der Waals surface area contributed by atoms with Crippen LogP contribution in [0.2, 0.25) is 0 Å². The Labute approximate surface area is 100 Å². The summed E-state index contributed by atoms with van der Waals surface area (Å²) in [5.74, 6) is 1.23. The van der Waals surface area contributed by atoms with Gasteiger partial charge in [-0.3, -0.25) is 4.79 Å². The van der Waals surface area contributed by atoms with E-state index in [-0.39, 0.29) is 5.56 Å². The van der Waals surface area contributed by atoms with Gasteiger partial charge in [-0.2, -0.15) is 0 Å². The molecule has 5 nitrogen and oxygen atoms in total. The molecule has 1 aromatic heterocycles. The van der Waals surface area contributed by atoms with Crippen LogP contribution in [-0.2, 0) is 6.42 Å². The van der Waals surface area contributed by atoms with E-state index in [4.69, 9.17) is 5.41 Å². The highest BCUT2D eigenvalue weighted by Gasteiger charge is 2.17. The van der Waals surface area contributed by atoms with E-state index in [0.29, 0.717) is 29.7 Å². The monoisotopic (exact) mass is 234 g/mol. The second-order valence-corrected chi connectivity index (χ2v) is 4.40. The number of hydrogen-bond acceptors (Lipinski definition) is 4. The molecule has 1 aliphatic carbocycles. The molecule has 0 saturated heterocycles. The average Bonchev–Trinajstić information content (AvgIpc) is 2.81. The van der Waals surface area contributed by atoms with Gasteiger partial charge in [-0.05, 0) is 12.8 Å². The smallest absolute Gasteiger partial charge is 0.261 e. The van der Waals surface area contributed by atoms with E-state index in [1.54, 1.807) is 0 Å². The Hall–Kier alpha value is -1.65. The molecule has 0 radical (unpaired) electrons. The van der Waals surface area contributed by atoms with Gasteiger partial charge in [0.25, 0.3) is 5.56 Å². The van der Waals surface area contributed by atoms with Gasteiger partial charge in [-0.25, -0.2) is 4.98 Å². The highest BCUT2D eigenvalue weighted by Crippen LogP contribution is 2.21. The van der Waals surface area contributed by atoms with Gasteiger partial charge in [0.1, 0.15) is 11.6 Å². The number of hydrogen-bond donors (Lipinski definition) is 3. The van der Waals surface area contributed by atoms with Gasteiger partial charge < -0.3 is 15.7 Å². The van der Waals surface area contributed by atoms with Crippen molar-refractivity contribution in [2.24, 2.45) is 0 Å². The number of aromatic nitrogens is 2. The number of aryl methyl sites for hydroxylation is 1. The predicted octanol–water partition coefficient (Wildman–Crippen LogP) is 1.68. The molecule has 0 aromatic carbocycles. The van der Waals surface area contributed by atoms with Crippen molar-refractivity contribution in [3.63, 3.8) is 0 Å². The van der Waals surface area contributed by atoms with Crippen LogP contribution in [0, 0.1) is 5.41 Å². The minimum atomic E-state index is -0.229. The van der Waals surface area contributed by atoms with Crippen LogP contribution in [0.4, 0.5) is 5.82 Å². The molecule has 0 bridgehead atoms. The van der Waals surface area contributed by atoms with Crippen LogP contribution in [0.15, 0.2) is 4.79 Å². The lowest BCUT2D eigenvalue weighted by Gasteiger charge is -2.14. The Morgan fingerprint density at radius 1 is 1.53 bits per heavy atom. The first-order valence-electron chi connectivity index (χ1n) is 6.14. The summed E-state index contributed by atoms with van der Waals surface area (Å²) in [5.41, 5.74) is 0.0986. The van der Waals surface area contributed by atoms with Gasteiger partial charge in [0, 0.05) is 18.7 Å². The molecule has 5 heteroatoms. The van der Waals surface area contributed by atoms with Crippen molar-refractivity contribution in [1.82, 2.24) is 9.97 Å². The highest BCUT2D eigenvalue weighted by molar-refractivity contribution is 5.83. The van der Waals surface area contributed by atoms with Gasteiger partial charge in [0.15, 0.2) is 0 Å². The van der Waals surface area contributed by atoms with E-state index in [0.717, 1.165) is 19.1 Å². The Morgan fingerprint density at radius 3 is 2.82 bits per heavy atom. The lowest BCUT2D eigenvalue weighted by Crippen LogP contribution is -2.24. The summed E-state index contributed by atoms with van der Waals surface area (Å²) in [6.45, 7) is 1.95. The van der Waals surface area contributed by atoms with Crippen LogP contribution in [0.1, 0.15) is 44.0 Å². The molecule has 17 heavy (non-hydrogen) atoms. The number of H-pyrrole nitrogens is 1. The molecule has 0 aliphatic heterocycles. The second kappa shape index (κ2) is 5.12. The van der Waals surface area contributed by atoms with Crippen molar-refractivity contribution < 1.29 is 0 Å². The number of anilines is 1. The molecule has 3 N–H and O–H groups in total. The first-order valence-corrected chi connectivity index (χ1v) is 6.14. The SMILES string of the molecule is CCc1nc(NC2CCCC2)c(C=N)c(=O)[nH]1. The van der Waals surface area contributed by atoms with Crippen molar-refractivity contribution in [2.75, 3.05) is 5.32 Å². The third-order valence-electron chi connectivity index (χ3n) is 3.18. The molecule has 0 amide bonds. The molecule has 1 saturated carbocycles. The Morgan fingerprint density at radius 2 is 2.24 bits per heavy atom.